The van der Waals surface area contributed by atoms with Gasteiger partial charge in [0.1, 0.15) is 0 Å². The topological polar surface area (TPSA) is 69.6 Å². The first-order valence-corrected chi connectivity index (χ1v) is 10.2. The maximum Gasteiger partial charge on any atom is 0.191 e. The van der Waals surface area contributed by atoms with Crippen LogP contribution in [0.2, 0.25) is 5.02 Å². The van der Waals surface area contributed by atoms with Crippen LogP contribution in [0.4, 0.5) is 0 Å². The first-order chi connectivity index (χ1) is 13.7. The molecule has 0 radical (unpaired) electrons. The van der Waals surface area contributed by atoms with E-state index in [0.29, 0.717) is 10.8 Å². The van der Waals surface area contributed by atoms with E-state index in [1.165, 1.54) is 0 Å². The first-order valence-electron chi connectivity index (χ1n) is 8.85. The molecule has 0 aliphatic carbocycles. The highest BCUT2D eigenvalue weighted by Gasteiger charge is 2.17. The van der Waals surface area contributed by atoms with Gasteiger partial charge < -0.3 is 9.09 Å². The van der Waals surface area contributed by atoms with E-state index in [9.17, 15) is 0 Å². The van der Waals surface area contributed by atoms with Crippen molar-refractivity contribution in [2.45, 2.75) is 31.3 Å². The lowest BCUT2D eigenvalue weighted by Gasteiger charge is -2.06. The number of pyridine rings is 1. The number of nitrogens with zero attached hydrogens (tertiary/aromatic N) is 5. The molecule has 8 heteroatoms. The summed E-state index contributed by atoms with van der Waals surface area (Å²) in [5.74, 6) is 2.22. The van der Waals surface area contributed by atoms with Crippen LogP contribution in [0.25, 0.3) is 22.7 Å². The highest BCUT2D eigenvalue weighted by atomic mass is 35.5. The van der Waals surface area contributed by atoms with Crippen molar-refractivity contribution in [3.05, 3.63) is 65.1 Å². The Kier molecular flexibility index (Phi) is 5.45. The molecule has 4 aromatic rings. The van der Waals surface area contributed by atoms with E-state index in [0.717, 1.165) is 45.7 Å². The lowest BCUT2D eigenvalue weighted by atomic mass is 10.1. The molecule has 0 atom stereocenters. The lowest BCUT2D eigenvalue weighted by Crippen LogP contribution is -2.00. The summed E-state index contributed by atoms with van der Waals surface area (Å²) in [6, 6.07) is 11.4. The van der Waals surface area contributed by atoms with Crippen LogP contribution in [-0.2, 0) is 12.3 Å². The Morgan fingerprint density at radius 2 is 1.93 bits per heavy atom. The van der Waals surface area contributed by atoms with E-state index in [-0.39, 0.29) is 0 Å². The number of halogens is 1. The van der Waals surface area contributed by atoms with E-state index in [1.807, 2.05) is 43.3 Å². The minimum Gasteiger partial charge on any atom is -0.356 e. The Morgan fingerprint density at radius 3 is 2.68 bits per heavy atom. The molecular weight excluding hydrogens is 394 g/mol. The Hall–Kier alpha value is -2.64. The highest BCUT2D eigenvalue weighted by Crippen LogP contribution is 2.31. The van der Waals surface area contributed by atoms with Gasteiger partial charge in [-0.3, -0.25) is 4.98 Å². The lowest BCUT2D eigenvalue weighted by molar-refractivity contribution is 0.426. The van der Waals surface area contributed by atoms with Crippen LogP contribution < -0.4 is 0 Å². The van der Waals surface area contributed by atoms with E-state index >= 15 is 0 Å². The maximum absolute atomic E-state index is 6.09. The predicted molar refractivity (Wildman–Crippen MR) is 110 cm³/mol. The van der Waals surface area contributed by atoms with Crippen molar-refractivity contribution in [1.82, 2.24) is 24.9 Å². The van der Waals surface area contributed by atoms with Crippen LogP contribution in [0, 0.1) is 6.92 Å². The number of thioether (sulfide) groups is 1. The Labute approximate surface area is 172 Å². The molecular formula is C20H18ClN5OS. The van der Waals surface area contributed by atoms with Gasteiger partial charge in [0.15, 0.2) is 16.7 Å². The average molecular weight is 412 g/mol. The monoisotopic (exact) mass is 411 g/mol. The zero-order valence-electron chi connectivity index (χ0n) is 15.5. The molecule has 142 valence electrons. The van der Waals surface area contributed by atoms with Gasteiger partial charge in [0.05, 0.1) is 5.69 Å². The summed E-state index contributed by atoms with van der Waals surface area (Å²) >= 11 is 7.68. The number of hydrogen-bond donors (Lipinski definition) is 0. The molecule has 3 heterocycles. The third kappa shape index (κ3) is 3.68. The van der Waals surface area contributed by atoms with Crippen LogP contribution in [0.1, 0.15) is 18.2 Å². The summed E-state index contributed by atoms with van der Waals surface area (Å²) in [6.07, 6.45) is 3.51. The van der Waals surface area contributed by atoms with Crippen molar-refractivity contribution in [3.63, 3.8) is 0 Å². The summed E-state index contributed by atoms with van der Waals surface area (Å²) in [4.78, 5) is 4.06. The van der Waals surface area contributed by atoms with Gasteiger partial charge in [0.2, 0.25) is 0 Å². The van der Waals surface area contributed by atoms with E-state index < -0.39 is 0 Å². The van der Waals surface area contributed by atoms with Crippen molar-refractivity contribution in [1.29, 1.82) is 0 Å². The fraction of sp³-hybridized carbons (Fsp3) is 0.200. The number of hydrogen-bond acceptors (Lipinski definition) is 6. The Balaban J connectivity index is 1.55. The normalized spacial score (nSPS) is 11.1. The third-order valence-electron chi connectivity index (χ3n) is 4.42. The highest BCUT2D eigenvalue weighted by molar-refractivity contribution is 7.98. The second-order valence-corrected chi connectivity index (χ2v) is 7.55. The van der Waals surface area contributed by atoms with E-state index in [4.69, 9.17) is 16.1 Å². The second kappa shape index (κ2) is 8.16. The van der Waals surface area contributed by atoms with Crippen LogP contribution in [0.3, 0.4) is 0 Å². The summed E-state index contributed by atoms with van der Waals surface area (Å²) in [5, 5.41) is 14.5. The quantitative estimate of drug-likeness (QED) is 0.402. The van der Waals surface area contributed by atoms with Gasteiger partial charge in [-0.1, -0.05) is 40.7 Å². The number of aromatic nitrogens is 5. The summed E-state index contributed by atoms with van der Waals surface area (Å²) < 4.78 is 7.67. The molecule has 0 N–H and O–H groups in total. The zero-order chi connectivity index (χ0) is 19.5. The maximum atomic E-state index is 6.09. The standard InChI is InChI=1S/C20H18ClN5OS/c1-3-26-19(14-7-9-22-10-8-14)23-24-20(26)28-12-17-13(2)18(27-25-17)15-5-4-6-16(21)11-15/h4-11H,3,12H2,1-2H3. The van der Waals surface area contributed by atoms with Gasteiger partial charge in [-0.05, 0) is 38.1 Å². The van der Waals surface area contributed by atoms with E-state index in [1.54, 1.807) is 24.2 Å². The summed E-state index contributed by atoms with van der Waals surface area (Å²) in [5.41, 5.74) is 3.81. The Morgan fingerprint density at radius 1 is 1.11 bits per heavy atom. The molecule has 1 aromatic carbocycles. The van der Waals surface area contributed by atoms with Gasteiger partial charge in [-0.15, -0.1) is 10.2 Å². The molecule has 0 aliphatic rings. The molecule has 0 saturated carbocycles. The van der Waals surface area contributed by atoms with E-state index in [2.05, 4.69) is 31.8 Å². The van der Waals surface area contributed by atoms with Crippen molar-refractivity contribution < 1.29 is 4.52 Å². The Bertz CT molecular complexity index is 1090. The summed E-state index contributed by atoms with van der Waals surface area (Å²) in [7, 11) is 0. The summed E-state index contributed by atoms with van der Waals surface area (Å²) in [6.45, 7) is 4.87. The molecule has 0 saturated heterocycles. The molecule has 0 bridgehead atoms. The van der Waals surface area contributed by atoms with Gasteiger partial charge in [0.25, 0.3) is 0 Å². The van der Waals surface area contributed by atoms with Gasteiger partial charge >= 0.3 is 0 Å². The molecule has 0 aliphatic heterocycles. The van der Waals surface area contributed by atoms with Crippen molar-refractivity contribution in [2.75, 3.05) is 0 Å². The SMILES string of the molecule is CCn1c(SCc2noc(-c3cccc(Cl)c3)c2C)nnc1-c1ccncc1. The molecule has 6 nitrogen and oxygen atoms in total. The predicted octanol–water partition coefficient (Wildman–Crippen LogP) is 5.27. The fourth-order valence-electron chi connectivity index (χ4n) is 2.93. The molecule has 28 heavy (non-hydrogen) atoms. The largest absolute Gasteiger partial charge is 0.356 e. The van der Waals surface area contributed by atoms with Gasteiger partial charge in [-0.2, -0.15) is 0 Å². The third-order valence-corrected chi connectivity index (χ3v) is 5.63. The van der Waals surface area contributed by atoms with Gasteiger partial charge in [-0.25, -0.2) is 0 Å². The molecule has 4 rings (SSSR count). The molecule has 0 amide bonds. The molecule has 0 unspecified atom stereocenters. The van der Waals surface area contributed by atoms with Crippen LogP contribution in [0.5, 0.6) is 0 Å². The second-order valence-electron chi connectivity index (χ2n) is 6.17. The molecule has 0 spiro atoms. The van der Waals surface area contributed by atoms with Crippen molar-refractivity contribution >= 4 is 23.4 Å². The minimum atomic E-state index is 0.643. The number of rotatable bonds is 6. The fourth-order valence-corrected chi connectivity index (χ4v) is 4.13. The molecule has 3 aromatic heterocycles. The van der Waals surface area contributed by atoms with Gasteiger partial charge in [0, 0.05) is 46.4 Å². The van der Waals surface area contributed by atoms with Crippen molar-refractivity contribution in [2.24, 2.45) is 0 Å². The zero-order valence-corrected chi connectivity index (χ0v) is 17.0. The minimum absolute atomic E-state index is 0.643. The van der Waals surface area contributed by atoms with Crippen LogP contribution in [-0.4, -0.2) is 24.9 Å². The van der Waals surface area contributed by atoms with Crippen LogP contribution in [0.15, 0.2) is 58.5 Å². The van der Waals surface area contributed by atoms with Crippen LogP contribution >= 0.6 is 23.4 Å². The molecule has 0 fully saturated rings. The number of benzene rings is 1. The first kappa shape index (κ1) is 18.7. The van der Waals surface area contributed by atoms with Crippen molar-refractivity contribution in [3.8, 4) is 22.7 Å². The average Bonchev–Trinajstić information content (AvgIpc) is 3.30. The smallest absolute Gasteiger partial charge is 0.191 e.